The Kier molecular flexibility index (Phi) is 4.97. The number of hydrogen-bond donors (Lipinski definition) is 2. The van der Waals surface area contributed by atoms with Crippen LogP contribution < -0.4 is 5.73 Å². The molecule has 2 fully saturated rings. The van der Waals surface area contributed by atoms with Gasteiger partial charge in [-0.15, -0.1) is 0 Å². The number of hydrogen-bond acceptors (Lipinski definition) is 4. The summed E-state index contributed by atoms with van der Waals surface area (Å²) in [5.74, 6) is -0.895. The van der Waals surface area contributed by atoms with E-state index in [0.29, 0.717) is 12.6 Å². The average molecular weight is 255 g/mol. The smallest absolute Gasteiger partial charge is 0.321 e. The number of likely N-dealkylation sites (tertiary alicyclic amines) is 2. The zero-order chi connectivity index (χ0) is 13.0. The first-order valence-electron chi connectivity index (χ1n) is 7.11. The molecule has 0 saturated carbocycles. The van der Waals surface area contributed by atoms with E-state index in [0.717, 1.165) is 25.9 Å². The summed E-state index contributed by atoms with van der Waals surface area (Å²) in [6, 6.07) is -0.0286. The molecule has 2 aliphatic heterocycles. The molecule has 0 bridgehead atoms. The van der Waals surface area contributed by atoms with Crippen molar-refractivity contribution in [2.45, 2.75) is 44.2 Å². The molecule has 2 rings (SSSR count). The van der Waals surface area contributed by atoms with E-state index in [-0.39, 0.29) is 0 Å². The number of carbonyl (C=O) groups is 1. The van der Waals surface area contributed by atoms with Gasteiger partial charge >= 0.3 is 5.97 Å². The zero-order valence-electron chi connectivity index (χ0n) is 11.1. The number of aliphatic carboxylic acids is 1. The summed E-state index contributed by atoms with van der Waals surface area (Å²) in [6.07, 6.45) is 6.37. The van der Waals surface area contributed by atoms with E-state index in [1.807, 2.05) is 0 Å². The van der Waals surface area contributed by atoms with Gasteiger partial charge in [-0.05, 0) is 51.9 Å². The van der Waals surface area contributed by atoms with Crippen LogP contribution in [0.1, 0.15) is 32.1 Å². The van der Waals surface area contributed by atoms with Gasteiger partial charge in [0.25, 0.3) is 0 Å². The molecular weight excluding hydrogens is 230 g/mol. The van der Waals surface area contributed by atoms with Gasteiger partial charge in [-0.3, -0.25) is 4.79 Å². The van der Waals surface area contributed by atoms with E-state index in [1.54, 1.807) is 0 Å². The lowest BCUT2D eigenvalue weighted by Crippen LogP contribution is -2.50. The Labute approximate surface area is 109 Å². The lowest BCUT2D eigenvalue weighted by atomic mass is 9.99. The summed E-state index contributed by atoms with van der Waals surface area (Å²) in [5.41, 5.74) is 5.57. The lowest BCUT2D eigenvalue weighted by molar-refractivity contribution is -0.139. The van der Waals surface area contributed by atoms with Crippen molar-refractivity contribution in [2.75, 3.05) is 32.7 Å². The molecular formula is C13H25N3O2. The molecule has 2 saturated heterocycles. The molecule has 1 atom stereocenters. The molecule has 0 radical (unpaired) electrons. The first-order chi connectivity index (χ1) is 8.66. The van der Waals surface area contributed by atoms with Crippen molar-refractivity contribution in [3.05, 3.63) is 0 Å². The number of nitrogens with zero attached hydrogens (tertiary/aromatic N) is 2. The second-order valence-corrected chi connectivity index (χ2v) is 5.57. The molecule has 0 aromatic heterocycles. The van der Waals surface area contributed by atoms with Gasteiger partial charge in [-0.2, -0.15) is 0 Å². The topological polar surface area (TPSA) is 69.8 Å². The predicted molar refractivity (Wildman–Crippen MR) is 70.5 cm³/mol. The van der Waals surface area contributed by atoms with Crippen LogP contribution in [0.5, 0.6) is 0 Å². The van der Waals surface area contributed by atoms with Crippen molar-refractivity contribution in [2.24, 2.45) is 5.73 Å². The SMILES string of the molecule is NC(CN1CCC(N2CCCCC2)CC1)C(=O)O. The Morgan fingerprint density at radius 2 is 1.78 bits per heavy atom. The van der Waals surface area contributed by atoms with E-state index in [9.17, 15) is 4.79 Å². The number of piperidine rings is 2. The van der Waals surface area contributed by atoms with Gasteiger partial charge in [0.1, 0.15) is 6.04 Å². The summed E-state index contributed by atoms with van der Waals surface area (Å²) in [4.78, 5) is 15.5. The van der Waals surface area contributed by atoms with Crippen LogP contribution >= 0.6 is 0 Å². The highest BCUT2D eigenvalue weighted by Gasteiger charge is 2.27. The molecule has 3 N–H and O–H groups in total. The normalized spacial score (nSPS) is 26.1. The van der Waals surface area contributed by atoms with Gasteiger partial charge in [0.15, 0.2) is 0 Å². The fourth-order valence-electron chi connectivity index (χ4n) is 3.11. The predicted octanol–water partition coefficient (Wildman–Crippen LogP) is 0.349. The Morgan fingerprint density at radius 1 is 1.17 bits per heavy atom. The first-order valence-corrected chi connectivity index (χ1v) is 7.11. The third-order valence-corrected chi connectivity index (χ3v) is 4.24. The number of nitrogens with two attached hydrogens (primary N) is 1. The molecule has 0 aromatic rings. The van der Waals surface area contributed by atoms with Crippen molar-refractivity contribution in [3.63, 3.8) is 0 Å². The van der Waals surface area contributed by atoms with Gasteiger partial charge in [0.2, 0.25) is 0 Å². The lowest BCUT2D eigenvalue weighted by Gasteiger charge is -2.40. The molecule has 0 aromatic carbocycles. The second-order valence-electron chi connectivity index (χ2n) is 5.57. The van der Waals surface area contributed by atoms with Crippen molar-refractivity contribution in [1.29, 1.82) is 0 Å². The highest BCUT2D eigenvalue weighted by molar-refractivity contribution is 5.73. The van der Waals surface area contributed by atoms with Gasteiger partial charge in [-0.1, -0.05) is 6.42 Å². The van der Waals surface area contributed by atoms with Gasteiger partial charge in [0, 0.05) is 12.6 Å². The number of rotatable bonds is 4. The van der Waals surface area contributed by atoms with E-state index >= 15 is 0 Å². The van der Waals surface area contributed by atoms with Crippen LogP contribution in [0.15, 0.2) is 0 Å². The Morgan fingerprint density at radius 3 is 2.33 bits per heavy atom. The van der Waals surface area contributed by atoms with Crippen LogP contribution in [0.3, 0.4) is 0 Å². The van der Waals surface area contributed by atoms with E-state index in [2.05, 4.69) is 9.80 Å². The van der Waals surface area contributed by atoms with Crippen LogP contribution in [0.2, 0.25) is 0 Å². The van der Waals surface area contributed by atoms with Crippen molar-refractivity contribution < 1.29 is 9.90 Å². The van der Waals surface area contributed by atoms with Crippen LogP contribution in [-0.4, -0.2) is 65.7 Å². The number of carboxylic acids is 1. The fraction of sp³-hybridized carbons (Fsp3) is 0.923. The molecule has 0 spiro atoms. The first kappa shape index (κ1) is 13.8. The van der Waals surface area contributed by atoms with E-state index < -0.39 is 12.0 Å². The van der Waals surface area contributed by atoms with E-state index in [4.69, 9.17) is 10.8 Å². The average Bonchev–Trinajstić information content (AvgIpc) is 2.40. The van der Waals surface area contributed by atoms with Crippen molar-refractivity contribution >= 4 is 5.97 Å². The second kappa shape index (κ2) is 6.50. The quantitative estimate of drug-likeness (QED) is 0.758. The molecule has 1 unspecified atom stereocenters. The Bertz CT molecular complexity index is 271. The third-order valence-electron chi connectivity index (χ3n) is 4.24. The van der Waals surface area contributed by atoms with Crippen LogP contribution in [0, 0.1) is 0 Å². The Hall–Kier alpha value is -0.650. The highest BCUT2D eigenvalue weighted by atomic mass is 16.4. The molecule has 2 aliphatic rings. The zero-order valence-corrected chi connectivity index (χ0v) is 11.1. The minimum Gasteiger partial charge on any atom is -0.480 e. The molecule has 18 heavy (non-hydrogen) atoms. The summed E-state index contributed by atoms with van der Waals surface area (Å²) in [5, 5.41) is 8.81. The monoisotopic (exact) mass is 255 g/mol. The van der Waals surface area contributed by atoms with Crippen LogP contribution in [0.4, 0.5) is 0 Å². The summed E-state index contributed by atoms with van der Waals surface area (Å²) >= 11 is 0. The third kappa shape index (κ3) is 3.67. The molecule has 5 nitrogen and oxygen atoms in total. The number of carboxylic acid groups (broad SMARTS) is 1. The van der Waals surface area contributed by atoms with Crippen molar-refractivity contribution in [3.8, 4) is 0 Å². The minimum atomic E-state index is -0.895. The summed E-state index contributed by atoms with van der Waals surface area (Å²) in [7, 11) is 0. The molecule has 0 amide bonds. The molecule has 5 heteroatoms. The van der Waals surface area contributed by atoms with Gasteiger partial charge in [-0.25, -0.2) is 0 Å². The fourth-order valence-corrected chi connectivity index (χ4v) is 3.11. The van der Waals surface area contributed by atoms with Crippen LogP contribution in [0.25, 0.3) is 0 Å². The molecule has 104 valence electrons. The van der Waals surface area contributed by atoms with Crippen LogP contribution in [-0.2, 0) is 4.79 Å². The maximum absolute atomic E-state index is 10.7. The molecule has 2 heterocycles. The van der Waals surface area contributed by atoms with Crippen molar-refractivity contribution in [1.82, 2.24) is 9.80 Å². The standard InChI is InChI=1S/C13H25N3O2/c14-12(13(17)18)10-15-8-4-11(5-9-15)16-6-2-1-3-7-16/h11-12H,1-10,14H2,(H,17,18). The summed E-state index contributed by atoms with van der Waals surface area (Å²) in [6.45, 7) is 4.96. The Balaban J connectivity index is 1.72. The maximum Gasteiger partial charge on any atom is 0.321 e. The highest BCUT2D eigenvalue weighted by Crippen LogP contribution is 2.20. The molecule has 0 aliphatic carbocycles. The minimum absolute atomic E-state index is 0.488. The van der Waals surface area contributed by atoms with Gasteiger partial charge in [0.05, 0.1) is 0 Å². The summed E-state index contributed by atoms with van der Waals surface area (Å²) < 4.78 is 0. The van der Waals surface area contributed by atoms with Gasteiger partial charge < -0.3 is 20.6 Å². The maximum atomic E-state index is 10.7. The largest absolute Gasteiger partial charge is 0.480 e. The van der Waals surface area contributed by atoms with E-state index in [1.165, 1.54) is 32.4 Å².